The van der Waals surface area contributed by atoms with Gasteiger partial charge in [0.05, 0.1) is 10.6 Å². The fourth-order valence-corrected chi connectivity index (χ4v) is 3.97. The molecule has 2 N–H and O–H groups in total. The summed E-state index contributed by atoms with van der Waals surface area (Å²) in [5.41, 5.74) is 7.52. The zero-order chi connectivity index (χ0) is 22.8. The number of nitrogens with two attached hydrogens (primary N) is 1. The highest BCUT2D eigenvalue weighted by Crippen LogP contribution is 2.38. The van der Waals surface area contributed by atoms with Gasteiger partial charge >= 0.3 is 0 Å². The van der Waals surface area contributed by atoms with E-state index in [0.717, 1.165) is 5.56 Å². The fraction of sp³-hybridized carbons (Fsp3) is 0.125. The highest BCUT2D eigenvalue weighted by Gasteiger charge is 2.32. The van der Waals surface area contributed by atoms with Gasteiger partial charge in [0.15, 0.2) is 0 Å². The van der Waals surface area contributed by atoms with E-state index in [1.54, 1.807) is 59.5 Å². The van der Waals surface area contributed by atoms with E-state index < -0.39 is 5.91 Å². The van der Waals surface area contributed by atoms with Crippen molar-refractivity contribution in [1.82, 2.24) is 0 Å². The molecule has 3 aromatic carbocycles. The number of nitrogens with zero attached hydrogens (tertiary/aromatic N) is 2. The Morgan fingerprint density at radius 3 is 2.66 bits per heavy atom. The van der Waals surface area contributed by atoms with Crippen LogP contribution in [0.25, 0.3) is 0 Å². The minimum absolute atomic E-state index is 0.0596. The molecule has 0 aromatic heterocycles. The van der Waals surface area contributed by atoms with E-state index in [2.05, 4.69) is 6.07 Å². The number of amides is 2. The molecule has 4 rings (SSSR count). The number of nitriles is 1. The number of rotatable bonds is 5. The molecule has 3 aromatic rings. The van der Waals surface area contributed by atoms with Gasteiger partial charge < -0.3 is 15.4 Å². The zero-order valence-corrected chi connectivity index (χ0v) is 18.2. The molecular weight excluding hydrogens is 449 g/mol. The maximum absolute atomic E-state index is 12.7. The monoisotopic (exact) mass is 465 g/mol. The van der Waals surface area contributed by atoms with Crippen LogP contribution in [0.5, 0.6) is 11.5 Å². The van der Waals surface area contributed by atoms with E-state index >= 15 is 0 Å². The van der Waals surface area contributed by atoms with Crippen LogP contribution >= 0.6 is 23.2 Å². The molecule has 160 valence electrons. The van der Waals surface area contributed by atoms with E-state index in [1.807, 2.05) is 6.07 Å². The van der Waals surface area contributed by atoms with Gasteiger partial charge in [0.2, 0.25) is 11.8 Å². The first-order valence-electron chi connectivity index (χ1n) is 9.73. The van der Waals surface area contributed by atoms with Crippen molar-refractivity contribution in [2.45, 2.75) is 12.3 Å². The van der Waals surface area contributed by atoms with Crippen LogP contribution in [0.4, 0.5) is 5.69 Å². The molecule has 8 heteroatoms. The summed E-state index contributed by atoms with van der Waals surface area (Å²) in [4.78, 5) is 25.8. The maximum atomic E-state index is 12.7. The molecule has 32 heavy (non-hydrogen) atoms. The molecular formula is C24H17Cl2N3O3. The Balaban J connectivity index is 1.60. The first-order chi connectivity index (χ1) is 15.4. The SMILES string of the molecule is N#Cc1ccc(Cl)cc1Oc1cc([C@H]2CC(=O)N(c3cccc(C(N)=O)c3)C2)ccc1Cl. The lowest BCUT2D eigenvalue weighted by Gasteiger charge is -2.18. The standard InChI is InChI=1S/C24H17Cl2N3O3/c25-18-6-4-16(12-27)21(11-18)32-22-9-14(5-7-20(22)26)17-10-23(30)29(13-17)19-3-1-2-15(8-19)24(28)31/h1-9,11,17H,10,13H2,(H2,28,31)/t17-/m0/s1. The second-order valence-electron chi connectivity index (χ2n) is 7.36. The molecule has 0 aliphatic carbocycles. The number of anilines is 1. The summed E-state index contributed by atoms with van der Waals surface area (Å²) in [6.45, 7) is 0.433. The van der Waals surface area contributed by atoms with Gasteiger partial charge in [0.25, 0.3) is 0 Å². The Kier molecular flexibility index (Phi) is 6.04. The Morgan fingerprint density at radius 1 is 1.09 bits per heavy atom. The van der Waals surface area contributed by atoms with Gasteiger partial charge in [-0.1, -0.05) is 35.3 Å². The van der Waals surface area contributed by atoms with Gasteiger partial charge in [0, 0.05) is 41.2 Å². The van der Waals surface area contributed by atoms with E-state index in [-0.39, 0.29) is 11.8 Å². The number of benzene rings is 3. The third-order valence-corrected chi connectivity index (χ3v) is 5.83. The average molecular weight is 466 g/mol. The molecule has 6 nitrogen and oxygen atoms in total. The van der Waals surface area contributed by atoms with Gasteiger partial charge in [-0.3, -0.25) is 9.59 Å². The van der Waals surface area contributed by atoms with Crippen LogP contribution in [-0.4, -0.2) is 18.4 Å². The predicted octanol–water partition coefficient (Wildman–Crippen LogP) is 5.28. The quantitative estimate of drug-likeness (QED) is 0.554. The van der Waals surface area contributed by atoms with Crippen molar-refractivity contribution in [3.05, 3.63) is 87.4 Å². The summed E-state index contributed by atoms with van der Waals surface area (Å²) in [5, 5.41) is 10.1. The van der Waals surface area contributed by atoms with Crippen molar-refractivity contribution in [2.24, 2.45) is 5.73 Å². The lowest BCUT2D eigenvalue weighted by molar-refractivity contribution is -0.117. The summed E-state index contributed by atoms with van der Waals surface area (Å²) in [6.07, 6.45) is 0.294. The minimum Gasteiger partial charge on any atom is -0.454 e. The molecule has 0 unspecified atom stereocenters. The smallest absolute Gasteiger partial charge is 0.248 e. The van der Waals surface area contributed by atoms with Crippen molar-refractivity contribution >= 4 is 40.7 Å². The molecule has 1 aliphatic rings. The van der Waals surface area contributed by atoms with Crippen molar-refractivity contribution < 1.29 is 14.3 Å². The van der Waals surface area contributed by atoms with Crippen LogP contribution < -0.4 is 15.4 Å². The van der Waals surface area contributed by atoms with Gasteiger partial charge in [0.1, 0.15) is 17.6 Å². The lowest BCUT2D eigenvalue weighted by atomic mass is 9.98. The van der Waals surface area contributed by atoms with Crippen molar-refractivity contribution in [3.63, 3.8) is 0 Å². The second-order valence-corrected chi connectivity index (χ2v) is 8.21. The largest absolute Gasteiger partial charge is 0.454 e. The summed E-state index contributed by atoms with van der Waals surface area (Å²) in [6, 6.07) is 18.8. The number of hydrogen-bond acceptors (Lipinski definition) is 4. The van der Waals surface area contributed by atoms with E-state index in [0.29, 0.717) is 51.3 Å². The molecule has 0 spiro atoms. The zero-order valence-electron chi connectivity index (χ0n) is 16.7. The van der Waals surface area contributed by atoms with Crippen molar-refractivity contribution in [3.8, 4) is 17.6 Å². The number of primary amides is 1. The third-order valence-electron chi connectivity index (χ3n) is 5.28. The van der Waals surface area contributed by atoms with Crippen molar-refractivity contribution in [2.75, 3.05) is 11.4 Å². The summed E-state index contributed by atoms with van der Waals surface area (Å²) < 4.78 is 5.90. The highest BCUT2D eigenvalue weighted by atomic mass is 35.5. The first-order valence-corrected chi connectivity index (χ1v) is 10.5. The van der Waals surface area contributed by atoms with Gasteiger partial charge in [-0.15, -0.1) is 0 Å². The van der Waals surface area contributed by atoms with Crippen molar-refractivity contribution in [1.29, 1.82) is 5.26 Å². The number of hydrogen-bond donors (Lipinski definition) is 1. The molecule has 1 fully saturated rings. The maximum Gasteiger partial charge on any atom is 0.248 e. The minimum atomic E-state index is -0.549. The third kappa shape index (κ3) is 4.40. The molecule has 0 radical (unpaired) electrons. The van der Waals surface area contributed by atoms with Gasteiger partial charge in [-0.25, -0.2) is 0 Å². The Morgan fingerprint density at radius 2 is 1.91 bits per heavy atom. The van der Waals surface area contributed by atoms with Gasteiger partial charge in [-0.2, -0.15) is 5.26 Å². The molecule has 0 saturated carbocycles. The molecule has 1 aliphatic heterocycles. The number of ether oxygens (including phenoxy) is 1. The summed E-state index contributed by atoms with van der Waals surface area (Å²) in [7, 11) is 0. The molecule has 1 heterocycles. The van der Waals surface area contributed by atoms with E-state index in [1.165, 1.54) is 0 Å². The van der Waals surface area contributed by atoms with Crippen LogP contribution in [0.3, 0.4) is 0 Å². The first kappa shape index (κ1) is 21.7. The Labute approximate surface area is 194 Å². The van der Waals surface area contributed by atoms with Crippen LogP contribution in [-0.2, 0) is 4.79 Å². The highest BCUT2D eigenvalue weighted by molar-refractivity contribution is 6.32. The molecule has 1 atom stereocenters. The molecule has 1 saturated heterocycles. The molecule has 2 amide bonds. The second kappa shape index (κ2) is 8.91. The number of halogens is 2. The number of carbonyl (C=O) groups is 2. The number of carbonyl (C=O) groups excluding carboxylic acids is 2. The topological polar surface area (TPSA) is 96.4 Å². The predicted molar refractivity (Wildman–Crippen MR) is 122 cm³/mol. The van der Waals surface area contributed by atoms with Gasteiger partial charge in [-0.05, 0) is 48.0 Å². The van der Waals surface area contributed by atoms with Crippen LogP contribution in [0, 0.1) is 11.3 Å². The summed E-state index contributed by atoms with van der Waals surface area (Å²) >= 11 is 12.4. The lowest BCUT2D eigenvalue weighted by Crippen LogP contribution is -2.24. The van der Waals surface area contributed by atoms with E-state index in [9.17, 15) is 14.9 Å². The van der Waals surface area contributed by atoms with Crippen LogP contribution in [0.2, 0.25) is 10.0 Å². The molecule has 0 bridgehead atoms. The Bertz CT molecular complexity index is 1270. The van der Waals surface area contributed by atoms with Crippen LogP contribution in [0.15, 0.2) is 60.7 Å². The Hall–Kier alpha value is -3.53. The van der Waals surface area contributed by atoms with E-state index in [4.69, 9.17) is 33.7 Å². The fourth-order valence-electron chi connectivity index (χ4n) is 3.65. The average Bonchev–Trinajstić information content (AvgIpc) is 3.17. The van der Waals surface area contributed by atoms with Crippen LogP contribution in [0.1, 0.15) is 33.8 Å². The normalized spacial score (nSPS) is 15.5. The summed E-state index contributed by atoms with van der Waals surface area (Å²) in [5.74, 6) is -0.0481.